The molecule has 0 radical (unpaired) electrons. The molecule has 0 heterocycles. The molecule has 2 unspecified atom stereocenters. The van der Waals surface area contributed by atoms with Crippen LogP contribution in [0.1, 0.15) is 59.3 Å². The van der Waals surface area contributed by atoms with Gasteiger partial charge in [0.05, 0.1) is 5.92 Å². The van der Waals surface area contributed by atoms with Gasteiger partial charge in [-0.25, -0.2) is 4.79 Å². The summed E-state index contributed by atoms with van der Waals surface area (Å²) in [7, 11) is 0. The summed E-state index contributed by atoms with van der Waals surface area (Å²) in [5.41, 5.74) is -1.59. The topological polar surface area (TPSA) is 83.8 Å². The smallest absolute Gasteiger partial charge is 0.336 e. The zero-order valence-corrected chi connectivity index (χ0v) is 12.1. The highest BCUT2D eigenvalue weighted by molar-refractivity contribution is 5.85. The second-order valence-electron chi connectivity index (χ2n) is 4.74. The highest BCUT2D eigenvalue weighted by atomic mass is 16.5. The second-order valence-corrected chi connectivity index (χ2v) is 4.74. The Bertz CT molecular complexity index is 290. The highest BCUT2D eigenvalue weighted by Gasteiger charge is 2.49. The number of unbranched alkanes of at least 4 members (excludes halogenated alkanes) is 3. The van der Waals surface area contributed by atoms with E-state index in [1.807, 2.05) is 0 Å². The molecule has 0 spiro atoms. The minimum absolute atomic E-state index is 0.198. The van der Waals surface area contributed by atoms with Gasteiger partial charge in [-0.3, -0.25) is 4.79 Å². The molecule has 0 bridgehead atoms. The Morgan fingerprint density at radius 3 is 2.11 bits per heavy atom. The van der Waals surface area contributed by atoms with Crippen LogP contribution in [0.3, 0.4) is 0 Å². The van der Waals surface area contributed by atoms with Gasteiger partial charge in [0.25, 0.3) is 0 Å². The Labute approximate surface area is 115 Å². The van der Waals surface area contributed by atoms with Crippen LogP contribution in [0, 0.1) is 5.92 Å². The highest BCUT2D eigenvalue weighted by Crippen LogP contribution is 2.32. The van der Waals surface area contributed by atoms with E-state index in [0.29, 0.717) is 6.42 Å². The monoisotopic (exact) mass is 274 g/mol. The molecular weight excluding hydrogens is 248 g/mol. The average molecular weight is 274 g/mol. The van der Waals surface area contributed by atoms with Crippen molar-refractivity contribution in [2.45, 2.75) is 64.9 Å². The van der Waals surface area contributed by atoms with Crippen molar-refractivity contribution >= 4 is 11.9 Å². The molecule has 2 N–H and O–H groups in total. The number of hydrogen-bond donors (Lipinski definition) is 2. The zero-order chi connectivity index (χ0) is 14.9. The molecule has 0 aromatic heterocycles. The third kappa shape index (κ3) is 4.82. The summed E-state index contributed by atoms with van der Waals surface area (Å²) in [5, 5.41) is 18.7. The van der Waals surface area contributed by atoms with Crippen LogP contribution in [0.15, 0.2) is 0 Å². The first-order valence-electron chi connectivity index (χ1n) is 7.06. The third-order valence-electron chi connectivity index (χ3n) is 3.43. The minimum atomic E-state index is -1.59. The van der Waals surface area contributed by atoms with E-state index in [0.717, 1.165) is 19.3 Å². The van der Waals surface area contributed by atoms with Crippen LogP contribution >= 0.6 is 0 Å². The van der Waals surface area contributed by atoms with Crippen LogP contribution in [0.25, 0.3) is 0 Å². The maximum Gasteiger partial charge on any atom is 0.336 e. The minimum Gasteiger partial charge on any atom is -0.481 e. The number of ether oxygens (including phenoxy) is 1. The summed E-state index contributed by atoms with van der Waals surface area (Å²) in [6, 6.07) is 0. The quantitative estimate of drug-likeness (QED) is 0.566. The molecule has 2 atom stereocenters. The van der Waals surface area contributed by atoms with E-state index in [1.54, 1.807) is 13.8 Å². The van der Waals surface area contributed by atoms with Gasteiger partial charge in [-0.2, -0.15) is 0 Å². The molecule has 0 fully saturated rings. The molecule has 0 saturated carbocycles. The van der Waals surface area contributed by atoms with E-state index >= 15 is 0 Å². The standard InChI is InChI=1S/C14H26O5/c1-4-7-8-9-10-14(13(17)18,19-6-3)11(5-2)12(15)16/h11H,4-10H2,1-3H3,(H,15,16)(H,17,18). The van der Waals surface area contributed by atoms with Crippen molar-refractivity contribution < 1.29 is 24.5 Å². The van der Waals surface area contributed by atoms with E-state index < -0.39 is 23.5 Å². The molecule has 0 aliphatic heterocycles. The number of aliphatic carboxylic acids is 2. The van der Waals surface area contributed by atoms with Crippen molar-refractivity contribution in [3.63, 3.8) is 0 Å². The molecule has 0 aromatic rings. The van der Waals surface area contributed by atoms with Gasteiger partial charge in [0, 0.05) is 6.61 Å². The maximum absolute atomic E-state index is 11.6. The van der Waals surface area contributed by atoms with Crippen molar-refractivity contribution in [2.75, 3.05) is 6.61 Å². The predicted octanol–water partition coefficient (Wildman–Crippen LogP) is 2.93. The number of carboxylic acid groups (broad SMARTS) is 2. The molecule has 5 nitrogen and oxygen atoms in total. The van der Waals surface area contributed by atoms with Gasteiger partial charge >= 0.3 is 11.9 Å². The molecule has 5 heteroatoms. The molecule has 0 aliphatic carbocycles. The van der Waals surface area contributed by atoms with Crippen molar-refractivity contribution in [2.24, 2.45) is 5.92 Å². The van der Waals surface area contributed by atoms with Crippen LogP contribution in [-0.4, -0.2) is 34.4 Å². The fourth-order valence-corrected chi connectivity index (χ4v) is 2.44. The summed E-state index contributed by atoms with van der Waals surface area (Å²) in [6.45, 7) is 5.64. The van der Waals surface area contributed by atoms with Crippen LogP contribution in [0.2, 0.25) is 0 Å². The lowest BCUT2D eigenvalue weighted by Gasteiger charge is -2.34. The van der Waals surface area contributed by atoms with Gasteiger partial charge in [0.2, 0.25) is 0 Å². The summed E-state index contributed by atoms with van der Waals surface area (Å²) in [6.07, 6.45) is 4.13. The van der Waals surface area contributed by atoms with Gasteiger partial charge in [-0.15, -0.1) is 0 Å². The number of rotatable bonds is 11. The number of hydrogen-bond acceptors (Lipinski definition) is 3. The fourth-order valence-electron chi connectivity index (χ4n) is 2.44. The fraction of sp³-hybridized carbons (Fsp3) is 0.857. The van der Waals surface area contributed by atoms with Crippen molar-refractivity contribution in [1.29, 1.82) is 0 Å². The molecule has 112 valence electrons. The summed E-state index contributed by atoms with van der Waals surface area (Å²) < 4.78 is 5.41. The molecular formula is C14H26O5. The van der Waals surface area contributed by atoms with Crippen LogP contribution in [-0.2, 0) is 14.3 Å². The SMILES string of the molecule is CCCCCCC(OCC)(C(=O)O)C(CC)C(=O)O. The van der Waals surface area contributed by atoms with Gasteiger partial charge in [0.15, 0.2) is 5.60 Å². The first kappa shape index (κ1) is 17.9. The number of carboxylic acids is 2. The summed E-state index contributed by atoms with van der Waals surface area (Å²) >= 11 is 0. The van der Waals surface area contributed by atoms with Crippen LogP contribution < -0.4 is 0 Å². The third-order valence-corrected chi connectivity index (χ3v) is 3.43. The molecule has 0 aromatic carbocycles. The lowest BCUT2D eigenvalue weighted by atomic mass is 9.80. The van der Waals surface area contributed by atoms with Crippen LogP contribution in [0.5, 0.6) is 0 Å². The lowest BCUT2D eigenvalue weighted by Crippen LogP contribution is -2.51. The van der Waals surface area contributed by atoms with Crippen molar-refractivity contribution in [3.05, 3.63) is 0 Å². The van der Waals surface area contributed by atoms with E-state index in [1.165, 1.54) is 0 Å². The predicted molar refractivity (Wildman–Crippen MR) is 72.2 cm³/mol. The normalized spacial score (nSPS) is 15.7. The van der Waals surface area contributed by atoms with Crippen LogP contribution in [0.4, 0.5) is 0 Å². The molecule has 0 amide bonds. The van der Waals surface area contributed by atoms with Gasteiger partial charge in [-0.05, 0) is 26.2 Å². The molecule has 0 aliphatic rings. The summed E-state index contributed by atoms with van der Waals surface area (Å²) in [5.74, 6) is -3.28. The second kappa shape index (κ2) is 8.91. The Morgan fingerprint density at radius 2 is 1.74 bits per heavy atom. The Balaban J connectivity index is 5.05. The summed E-state index contributed by atoms with van der Waals surface area (Å²) in [4.78, 5) is 22.9. The van der Waals surface area contributed by atoms with Gasteiger partial charge < -0.3 is 14.9 Å². The van der Waals surface area contributed by atoms with E-state index in [-0.39, 0.29) is 19.4 Å². The maximum atomic E-state index is 11.6. The largest absolute Gasteiger partial charge is 0.481 e. The number of carbonyl (C=O) groups is 2. The van der Waals surface area contributed by atoms with Crippen molar-refractivity contribution in [3.8, 4) is 0 Å². The first-order valence-corrected chi connectivity index (χ1v) is 7.06. The lowest BCUT2D eigenvalue weighted by molar-refractivity contribution is -0.184. The van der Waals surface area contributed by atoms with Gasteiger partial charge in [0.1, 0.15) is 0 Å². The Hall–Kier alpha value is -1.10. The molecule has 0 saturated heterocycles. The van der Waals surface area contributed by atoms with E-state index in [2.05, 4.69) is 6.92 Å². The van der Waals surface area contributed by atoms with Crippen molar-refractivity contribution in [1.82, 2.24) is 0 Å². The average Bonchev–Trinajstić information content (AvgIpc) is 2.34. The zero-order valence-electron chi connectivity index (χ0n) is 12.1. The van der Waals surface area contributed by atoms with Gasteiger partial charge in [-0.1, -0.05) is 33.1 Å². The molecule has 19 heavy (non-hydrogen) atoms. The molecule has 0 rings (SSSR count). The van der Waals surface area contributed by atoms with E-state index in [9.17, 15) is 19.8 Å². The Kier molecular flexibility index (Phi) is 8.39. The first-order chi connectivity index (χ1) is 8.96. The Morgan fingerprint density at radius 1 is 1.11 bits per heavy atom. The van der Waals surface area contributed by atoms with E-state index in [4.69, 9.17) is 4.74 Å².